The topological polar surface area (TPSA) is 65.0 Å². The van der Waals surface area contributed by atoms with Crippen molar-refractivity contribution in [2.24, 2.45) is 0 Å². The predicted molar refractivity (Wildman–Crippen MR) is 69.2 cm³/mol. The zero-order valence-corrected chi connectivity index (χ0v) is 10.3. The molecule has 0 fully saturated rings. The lowest BCUT2D eigenvalue weighted by Crippen LogP contribution is -2.29. The van der Waals surface area contributed by atoms with Crippen molar-refractivity contribution in [3.8, 4) is 0 Å². The van der Waals surface area contributed by atoms with Crippen LogP contribution in [0.1, 0.15) is 22.8 Å². The number of carbonyl (C=O) groups excluding carboxylic acids is 1. The van der Waals surface area contributed by atoms with Crippen molar-refractivity contribution in [3.05, 3.63) is 47.2 Å². The van der Waals surface area contributed by atoms with Gasteiger partial charge in [-0.15, -0.1) is 0 Å². The first-order chi connectivity index (χ1) is 8.04. The third kappa shape index (κ3) is 3.75. The van der Waals surface area contributed by atoms with Gasteiger partial charge < -0.3 is 10.6 Å². The minimum Gasteiger partial charge on any atom is -0.392 e. The monoisotopic (exact) mass is 231 g/mol. The van der Waals surface area contributed by atoms with Crippen molar-refractivity contribution < 1.29 is 4.79 Å². The molecule has 0 aliphatic carbocycles. The molecule has 3 N–H and O–H groups in total. The number of rotatable bonds is 3. The Morgan fingerprint density at radius 3 is 2.59 bits per heavy atom. The molecule has 0 unspecified atom stereocenters. The summed E-state index contributed by atoms with van der Waals surface area (Å²) in [6.45, 7) is 3.70. The van der Waals surface area contributed by atoms with E-state index >= 15 is 0 Å². The number of allylic oxidation sites excluding steroid dienone is 1. The molecule has 90 valence electrons. The van der Waals surface area contributed by atoms with Crippen LogP contribution in [0, 0.1) is 12.3 Å². The van der Waals surface area contributed by atoms with Crippen molar-refractivity contribution in [2.75, 3.05) is 7.05 Å². The van der Waals surface area contributed by atoms with Gasteiger partial charge in [0.05, 0.1) is 0 Å². The van der Waals surface area contributed by atoms with Gasteiger partial charge in [0, 0.05) is 18.3 Å². The summed E-state index contributed by atoms with van der Waals surface area (Å²) in [5.41, 5.74) is 2.31. The van der Waals surface area contributed by atoms with Crippen molar-refractivity contribution >= 4 is 11.7 Å². The van der Waals surface area contributed by atoms with Crippen LogP contribution in [0.3, 0.4) is 0 Å². The molecule has 0 aliphatic rings. The van der Waals surface area contributed by atoms with E-state index in [4.69, 9.17) is 5.41 Å². The molecule has 0 spiro atoms. The van der Waals surface area contributed by atoms with Crippen LogP contribution in [0.2, 0.25) is 0 Å². The van der Waals surface area contributed by atoms with Crippen LogP contribution < -0.4 is 10.6 Å². The molecule has 17 heavy (non-hydrogen) atoms. The van der Waals surface area contributed by atoms with Crippen molar-refractivity contribution in [2.45, 2.75) is 13.8 Å². The molecule has 0 saturated heterocycles. The first-order valence-corrected chi connectivity index (χ1v) is 5.36. The maximum Gasteiger partial charge on any atom is 0.257 e. The van der Waals surface area contributed by atoms with E-state index in [0.717, 1.165) is 11.3 Å². The van der Waals surface area contributed by atoms with Crippen LogP contribution in [-0.2, 0) is 0 Å². The maximum absolute atomic E-state index is 11.8. The number of amidine groups is 1. The second kappa shape index (κ2) is 5.84. The van der Waals surface area contributed by atoms with Gasteiger partial charge in [-0.05, 0) is 31.6 Å². The second-order valence-corrected chi connectivity index (χ2v) is 3.76. The lowest BCUT2D eigenvalue weighted by atomic mass is 10.1. The molecule has 0 bridgehead atoms. The highest BCUT2D eigenvalue weighted by atomic mass is 16.1. The molecule has 1 aromatic carbocycles. The normalized spacial score (nSPS) is 10.9. The van der Waals surface area contributed by atoms with E-state index in [1.54, 1.807) is 25.3 Å². The highest BCUT2D eigenvalue weighted by Crippen LogP contribution is 2.06. The number of amides is 1. The van der Waals surface area contributed by atoms with Gasteiger partial charge in [0.15, 0.2) is 0 Å². The number of nitrogens with one attached hydrogen (secondary N) is 3. The van der Waals surface area contributed by atoms with Gasteiger partial charge in [-0.1, -0.05) is 18.2 Å². The Balaban J connectivity index is 2.74. The summed E-state index contributed by atoms with van der Waals surface area (Å²) in [4.78, 5) is 11.8. The van der Waals surface area contributed by atoms with Crippen LogP contribution in [0.25, 0.3) is 0 Å². The fraction of sp³-hybridized carbons (Fsp3) is 0.231. The average molecular weight is 231 g/mol. The first-order valence-electron chi connectivity index (χ1n) is 5.36. The molecule has 0 aromatic heterocycles. The van der Waals surface area contributed by atoms with Gasteiger partial charge in [0.2, 0.25) is 0 Å². The summed E-state index contributed by atoms with van der Waals surface area (Å²) < 4.78 is 0. The molecular weight excluding hydrogens is 214 g/mol. The van der Waals surface area contributed by atoms with E-state index < -0.39 is 0 Å². The third-order valence-electron chi connectivity index (χ3n) is 2.39. The quantitative estimate of drug-likeness (QED) is 0.549. The van der Waals surface area contributed by atoms with Gasteiger partial charge in [0.25, 0.3) is 5.91 Å². The van der Waals surface area contributed by atoms with Crippen LogP contribution in [0.5, 0.6) is 0 Å². The first kappa shape index (κ1) is 13.0. The van der Waals surface area contributed by atoms with E-state index in [0.29, 0.717) is 5.56 Å². The predicted octanol–water partition coefficient (Wildman–Crippen LogP) is 1.83. The smallest absolute Gasteiger partial charge is 0.257 e. The fourth-order valence-corrected chi connectivity index (χ4v) is 1.34. The SMILES string of the molecule is CN/C(C)=C\C(=N)NC(=O)c1ccccc1C. The largest absolute Gasteiger partial charge is 0.392 e. The molecular formula is C13H17N3O. The Labute approximate surface area is 101 Å². The lowest BCUT2D eigenvalue weighted by Gasteiger charge is -2.07. The molecule has 0 heterocycles. The Kier molecular flexibility index (Phi) is 4.46. The highest BCUT2D eigenvalue weighted by molar-refractivity contribution is 6.09. The third-order valence-corrected chi connectivity index (χ3v) is 2.39. The molecule has 0 saturated carbocycles. The second-order valence-electron chi connectivity index (χ2n) is 3.76. The average Bonchev–Trinajstić information content (AvgIpc) is 2.29. The van der Waals surface area contributed by atoms with E-state index in [1.165, 1.54) is 0 Å². The van der Waals surface area contributed by atoms with Crippen LogP contribution in [-0.4, -0.2) is 18.8 Å². The molecule has 1 rings (SSSR count). The summed E-state index contributed by atoms with van der Waals surface area (Å²) in [7, 11) is 1.77. The zero-order valence-electron chi connectivity index (χ0n) is 10.3. The lowest BCUT2D eigenvalue weighted by molar-refractivity contribution is 0.0976. The standard InChI is InChI=1S/C13H17N3O/c1-9-6-4-5-7-11(9)13(17)16-12(14)8-10(2)15-3/h4-8,15H,1-3H3,(H2,14,16,17)/b10-8-. The van der Waals surface area contributed by atoms with Gasteiger partial charge in [-0.2, -0.15) is 0 Å². The molecule has 1 aromatic rings. The summed E-state index contributed by atoms with van der Waals surface area (Å²) in [5, 5.41) is 13.0. The molecule has 4 heteroatoms. The van der Waals surface area contributed by atoms with E-state index in [2.05, 4.69) is 10.6 Å². The summed E-state index contributed by atoms with van der Waals surface area (Å²) in [5.74, 6) is -0.182. The number of hydrogen-bond donors (Lipinski definition) is 3. The van der Waals surface area contributed by atoms with Gasteiger partial charge in [0.1, 0.15) is 5.84 Å². The Hall–Kier alpha value is -2.10. The number of carbonyl (C=O) groups is 1. The van der Waals surface area contributed by atoms with Crippen molar-refractivity contribution in [3.63, 3.8) is 0 Å². The number of aryl methyl sites for hydroxylation is 1. The summed E-state index contributed by atoms with van der Waals surface area (Å²) in [6.07, 6.45) is 1.57. The Morgan fingerprint density at radius 1 is 1.35 bits per heavy atom. The van der Waals surface area contributed by atoms with E-state index in [1.807, 2.05) is 26.0 Å². The van der Waals surface area contributed by atoms with Gasteiger partial charge in [-0.3, -0.25) is 10.2 Å². The van der Waals surface area contributed by atoms with Crippen molar-refractivity contribution in [1.82, 2.24) is 10.6 Å². The Bertz CT molecular complexity index is 463. The molecule has 0 aliphatic heterocycles. The zero-order chi connectivity index (χ0) is 12.8. The van der Waals surface area contributed by atoms with Crippen molar-refractivity contribution in [1.29, 1.82) is 5.41 Å². The highest BCUT2D eigenvalue weighted by Gasteiger charge is 2.08. The fourth-order valence-electron chi connectivity index (χ4n) is 1.34. The van der Waals surface area contributed by atoms with Crippen LogP contribution in [0.4, 0.5) is 0 Å². The van der Waals surface area contributed by atoms with Gasteiger partial charge >= 0.3 is 0 Å². The Morgan fingerprint density at radius 2 is 2.00 bits per heavy atom. The van der Waals surface area contributed by atoms with Crippen LogP contribution >= 0.6 is 0 Å². The molecule has 0 radical (unpaired) electrons. The minimum absolute atomic E-state index is 0.0742. The molecule has 1 amide bonds. The van der Waals surface area contributed by atoms with E-state index in [-0.39, 0.29) is 11.7 Å². The van der Waals surface area contributed by atoms with Gasteiger partial charge in [-0.25, -0.2) is 0 Å². The molecule has 4 nitrogen and oxygen atoms in total. The summed E-state index contributed by atoms with van der Waals surface area (Å²) >= 11 is 0. The number of benzene rings is 1. The van der Waals surface area contributed by atoms with E-state index in [9.17, 15) is 4.79 Å². The number of hydrogen-bond acceptors (Lipinski definition) is 3. The summed E-state index contributed by atoms with van der Waals surface area (Å²) in [6, 6.07) is 7.29. The van der Waals surface area contributed by atoms with Crippen LogP contribution in [0.15, 0.2) is 36.0 Å². The maximum atomic E-state index is 11.8. The minimum atomic E-state index is -0.256. The molecule has 0 atom stereocenters.